The van der Waals surface area contributed by atoms with Crippen molar-refractivity contribution >= 4 is 11.8 Å². The normalized spacial score (nSPS) is 44.1. The Morgan fingerprint density at radius 1 is 1.13 bits per heavy atom. The number of nitrogens with zero attached hydrogens (tertiary/aromatic N) is 1. The third kappa shape index (κ3) is 4.22. The molecule has 0 aromatic rings. The van der Waals surface area contributed by atoms with Crippen LogP contribution in [-0.4, -0.2) is 18.4 Å². The van der Waals surface area contributed by atoms with Crippen molar-refractivity contribution in [1.82, 2.24) is 0 Å². The van der Waals surface area contributed by atoms with Crippen LogP contribution < -0.4 is 0 Å². The van der Waals surface area contributed by atoms with Crippen LogP contribution in [0.25, 0.3) is 0 Å². The first-order chi connectivity index (χ1) is 17.7. The monoisotopic (exact) mass is 521 g/mol. The summed E-state index contributed by atoms with van der Waals surface area (Å²) in [4.78, 5) is 27.7. The number of ketones is 1. The van der Waals surface area contributed by atoms with Crippen LogP contribution in [0.1, 0.15) is 119 Å². The van der Waals surface area contributed by atoms with Gasteiger partial charge < -0.3 is 4.74 Å². The Morgan fingerprint density at radius 2 is 1.82 bits per heavy atom. The first kappa shape index (κ1) is 29.1. The maximum atomic E-state index is 14.3. The molecule has 0 aromatic heterocycles. The number of fused-ring (bicyclic) bond motifs is 5. The van der Waals surface area contributed by atoms with E-state index >= 15 is 0 Å². The van der Waals surface area contributed by atoms with Gasteiger partial charge in [-0.25, -0.2) is 0 Å². The van der Waals surface area contributed by atoms with Gasteiger partial charge in [-0.15, -0.1) is 0 Å². The molecule has 0 aliphatic heterocycles. The van der Waals surface area contributed by atoms with Crippen molar-refractivity contribution in [1.29, 1.82) is 5.26 Å². The molecular weight excluding hydrogens is 470 g/mol. The smallest absolute Gasteiger partial charge is 0.311 e. The Kier molecular flexibility index (Phi) is 7.61. The highest BCUT2D eigenvalue weighted by Gasteiger charge is 2.68. The standard InChI is InChI=1S/C34H51NO3/c1-9-10-20-38-29(37)31(5)16-15-30(4)17-18-33(7)25(26(30)22-31)21-27(36)28-32(6,13-11-19-35)24(23(2)3)12-14-34(28,33)8/h21,24,26,28H,2,9-18,20,22H2,1,3-8H3/t24?,26?,28?,30-,31+,32+,33-,34-/m1/s1. The van der Waals surface area contributed by atoms with Gasteiger partial charge >= 0.3 is 5.97 Å². The zero-order chi connectivity index (χ0) is 28.1. The number of unbranched alkanes of at least 4 members (excludes halogenated alkanes) is 1. The van der Waals surface area contributed by atoms with Crippen LogP contribution in [0.2, 0.25) is 0 Å². The maximum absolute atomic E-state index is 14.3. The molecule has 8 atom stereocenters. The highest BCUT2D eigenvalue weighted by molar-refractivity contribution is 5.95. The number of esters is 1. The molecule has 0 N–H and O–H groups in total. The van der Waals surface area contributed by atoms with E-state index in [1.165, 1.54) is 5.57 Å². The molecule has 0 spiro atoms. The second kappa shape index (κ2) is 9.94. The quantitative estimate of drug-likeness (QED) is 0.192. The van der Waals surface area contributed by atoms with Crippen LogP contribution in [0.15, 0.2) is 23.8 Å². The highest BCUT2D eigenvalue weighted by atomic mass is 16.5. The molecule has 0 amide bonds. The molecule has 0 aromatic carbocycles. The summed E-state index contributed by atoms with van der Waals surface area (Å²) in [5.74, 6) is 0.531. The van der Waals surface area contributed by atoms with Crippen LogP contribution in [0, 0.1) is 56.2 Å². The summed E-state index contributed by atoms with van der Waals surface area (Å²) in [7, 11) is 0. The van der Waals surface area contributed by atoms with Gasteiger partial charge in [-0.3, -0.25) is 9.59 Å². The topological polar surface area (TPSA) is 67.2 Å². The minimum atomic E-state index is -0.503. The zero-order valence-electron chi connectivity index (χ0n) is 25.2. The lowest BCUT2D eigenvalue weighted by atomic mass is 9.35. The molecule has 3 fully saturated rings. The molecule has 0 heterocycles. The van der Waals surface area contributed by atoms with Crippen molar-refractivity contribution in [2.75, 3.05) is 6.61 Å². The predicted octanol–water partition coefficient (Wildman–Crippen LogP) is 8.37. The summed E-state index contributed by atoms with van der Waals surface area (Å²) >= 11 is 0. The van der Waals surface area contributed by atoms with Crippen molar-refractivity contribution in [2.24, 2.45) is 44.8 Å². The Hall–Kier alpha value is -1.89. The molecular formula is C34H51NO3. The number of nitriles is 1. The summed E-state index contributed by atoms with van der Waals surface area (Å²) in [6.45, 7) is 20.6. The van der Waals surface area contributed by atoms with E-state index < -0.39 is 5.41 Å². The molecule has 4 rings (SSSR count). The van der Waals surface area contributed by atoms with Gasteiger partial charge in [-0.2, -0.15) is 5.26 Å². The number of hydrogen-bond acceptors (Lipinski definition) is 4. The Bertz CT molecular complexity index is 1070. The van der Waals surface area contributed by atoms with Crippen molar-refractivity contribution in [3.05, 3.63) is 23.8 Å². The van der Waals surface area contributed by atoms with E-state index in [1.807, 2.05) is 6.08 Å². The van der Waals surface area contributed by atoms with Crippen LogP contribution in [-0.2, 0) is 14.3 Å². The fourth-order valence-electron chi connectivity index (χ4n) is 9.70. The number of allylic oxidation sites excluding steroid dienone is 3. The first-order valence-corrected chi connectivity index (χ1v) is 15.2. The number of hydrogen-bond donors (Lipinski definition) is 0. The summed E-state index contributed by atoms with van der Waals surface area (Å²) in [5, 5.41) is 9.51. The van der Waals surface area contributed by atoms with E-state index in [-0.39, 0.29) is 51.2 Å². The summed E-state index contributed by atoms with van der Waals surface area (Å²) in [6.07, 6.45) is 12.0. The van der Waals surface area contributed by atoms with Crippen molar-refractivity contribution in [3.63, 3.8) is 0 Å². The van der Waals surface area contributed by atoms with Crippen LogP contribution in [0.4, 0.5) is 0 Å². The SMILES string of the molecule is C=C(C)C1CC[C@]2(C)C(C(=O)C=C3C4C[C@@](C)(C(=O)OCCCC)CC[C@]4(C)CC[C@]32C)[C@@]1(C)CCC#N. The lowest BCUT2D eigenvalue weighted by Gasteiger charge is -2.68. The van der Waals surface area contributed by atoms with Crippen LogP contribution in [0.5, 0.6) is 0 Å². The lowest BCUT2D eigenvalue weighted by molar-refractivity contribution is -0.168. The lowest BCUT2D eigenvalue weighted by Crippen LogP contribution is -2.63. The fourth-order valence-corrected chi connectivity index (χ4v) is 9.70. The van der Waals surface area contributed by atoms with E-state index in [2.05, 4.69) is 61.1 Å². The van der Waals surface area contributed by atoms with Gasteiger partial charge in [0.1, 0.15) is 0 Å². The van der Waals surface area contributed by atoms with Gasteiger partial charge in [0.05, 0.1) is 18.1 Å². The number of carbonyl (C=O) groups excluding carboxylic acids is 2. The minimum Gasteiger partial charge on any atom is -0.465 e. The summed E-state index contributed by atoms with van der Waals surface area (Å²) in [5.41, 5.74) is 1.49. The minimum absolute atomic E-state index is 0.0573. The predicted molar refractivity (Wildman–Crippen MR) is 152 cm³/mol. The third-order valence-electron chi connectivity index (χ3n) is 12.4. The molecule has 4 aliphatic carbocycles. The largest absolute Gasteiger partial charge is 0.465 e. The zero-order valence-corrected chi connectivity index (χ0v) is 25.2. The Labute approximate surface area is 231 Å². The van der Waals surface area contributed by atoms with E-state index in [0.29, 0.717) is 13.0 Å². The fraction of sp³-hybridized carbons (Fsp3) is 0.794. The molecule has 4 aliphatic rings. The van der Waals surface area contributed by atoms with E-state index in [4.69, 9.17) is 4.74 Å². The Balaban J connectivity index is 1.76. The van der Waals surface area contributed by atoms with E-state index in [9.17, 15) is 14.9 Å². The van der Waals surface area contributed by atoms with Crippen LogP contribution >= 0.6 is 0 Å². The highest BCUT2D eigenvalue weighted by Crippen LogP contribution is 2.73. The summed E-state index contributed by atoms with van der Waals surface area (Å²) in [6, 6.07) is 2.37. The number of rotatable bonds is 7. The molecule has 3 saturated carbocycles. The molecule has 210 valence electrons. The van der Waals surface area contributed by atoms with Crippen molar-refractivity contribution < 1.29 is 14.3 Å². The van der Waals surface area contributed by atoms with Crippen molar-refractivity contribution in [3.8, 4) is 6.07 Å². The maximum Gasteiger partial charge on any atom is 0.311 e. The first-order valence-electron chi connectivity index (χ1n) is 15.2. The molecule has 0 saturated heterocycles. The molecule has 0 radical (unpaired) electrons. The van der Waals surface area contributed by atoms with Gasteiger partial charge in [0.25, 0.3) is 0 Å². The van der Waals surface area contributed by atoms with Gasteiger partial charge in [0.15, 0.2) is 5.78 Å². The second-order valence-electron chi connectivity index (χ2n) is 14.7. The average molecular weight is 522 g/mol. The Morgan fingerprint density at radius 3 is 2.45 bits per heavy atom. The molecule has 4 heteroatoms. The summed E-state index contributed by atoms with van der Waals surface area (Å²) < 4.78 is 5.76. The van der Waals surface area contributed by atoms with Gasteiger partial charge in [0, 0.05) is 12.3 Å². The van der Waals surface area contributed by atoms with E-state index in [0.717, 1.165) is 69.8 Å². The number of carbonyl (C=O) groups is 2. The van der Waals surface area contributed by atoms with Crippen molar-refractivity contribution in [2.45, 2.75) is 119 Å². The second-order valence-corrected chi connectivity index (χ2v) is 14.7. The van der Waals surface area contributed by atoms with Gasteiger partial charge in [-0.05, 0) is 111 Å². The van der Waals surface area contributed by atoms with Crippen LogP contribution in [0.3, 0.4) is 0 Å². The van der Waals surface area contributed by atoms with Gasteiger partial charge in [0.2, 0.25) is 0 Å². The van der Waals surface area contributed by atoms with E-state index in [1.54, 1.807) is 0 Å². The third-order valence-corrected chi connectivity index (χ3v) is 12.4. The average Bonchev–Trinajstić information content (AvgIpc) is 2.85. The molecule has 38 heavy (non-hydrogen) atoms. The molecule has 3 unspecified atom stereocenters. The molecule has 4 nitrogen and oxygen atoms in total. The number of ether oxygens (including phenoxy) is 1. The molecule has 0 bridgehead atoms. The van der Waals surface area contributed by atoms with Gasteiger partial charge in [-0.1, -0.05) is 58.8 Å².